The third-order valence-corrected chi connectivity index (χ3v) is 5.96. The lowest BCUT2D eigenvalue weighted by Gasteiger charge is -2.36. The van der Waals surface area contributed by atoms with Crippen LogP contribution in [0.4, 0.5) is 18.9 Å². The number of likely N-dealkylation sites (tertiary alicyclic amines) is 1. The Hall–Kier alpha value is -4.13. The first-order valence-electron chi connectivity index (χ1n) is 10.6. The maximum absolute atomic E-state index is 12.9. The maximum atomic E-state index is 12.9. The minimum Gasteiger partial charge on any atom is -0.507 e. The number of fused-ring (bicyclic) bond motifs is 1. The molecule has 0 saturated carbocycles. The smallest absolute Gasteiger partial charge is 0.490 e. The molecule has 0 radical (unpaired) electrons. The van der Waals surface area contributed by atoms with E-state index in [4.69, 9.17) is 9.15 Å². The van der Waals surface area contributed by atoms with Crippen LogP contribution < -0.4 is 5.43 Å². The van der Waals surface area contributed by atoms with Gasteiger partial charge in [-0.1, -0.05) is 12.1 Å². The summed E-state index contributed by atoms with van der Waals surface area (Å²) in [5, 5.41) is 31.8. The van der Waals surface area contributed by atoms with Gasteiger partial charge in [-0.2, -0.15) is 13.2 Å². The molecule has 0 amide bonds. The molecule has 1 aliphatic heterocycles. The Morgan fingerprint density at radius 3 is 2.61 bits per heavy atom. The first kappa shape index (κ1) is 25.0. The molecule has 1 aliphatic rings. The number of benzene rings is 2. The Bertz CT molecular complexity index is 1420. The number of nitro benzene ring substituents is 1. The molecular weight excluding hydrogens is 489 g/mol. The summed E-state index contributed by atoms with van der Waals surface area (Å²) in [5.41, 5.74) is -1.36. The van der Waals surface area contributed by atoms with Gasteiger partial charge in [-0.25, -0.2) is 4.79 Å². The number of nitrogens with zero attached hydrogens (tertiary/aromatic N) is 2. The van der Waals surface area contributed by atoms with E-state index in [1.807, 2.05) is 0 Å². The highest BCUT2D eigenvalue weighted by Crippen LogP contribution is 2.43. The quantitative estimate of drug-likeness (QED) is 0.306. The standard InChI is InChI=1S/C23H19F3N2O8/c1-27-6-5-13(18(10-27)36-22(32)23(24,25)26)19-14(29)8-15(30)20-16(31)9-17(35-21(19)20)11-3-2-4-12(7-11)28(33)34/h2-4,7-9,13,18,29-30H,5-6,10H2,1H3/t13-,18+/m0/s1. The van der Waals surface area contributed by atoms with Gasteiger partial charge in [0, 0.05) is 47.9 Å². The molecule has 2 atom stereocenters. The number of non-ortho nitro benzene ring substituents is 1. The third kappa shape index (κ3) is 4.69. The zero-order chi connectivity index (χ0) is 26.4. The topological polar surface area (TPSA) is 143 Å². The van der Waals surface area contributed by atoms with Crippen LogP contribution in [0, 0.1) is 10.1 Å². The highest BCUT2D eigenvalue weighted by Gasteiger charge is 2.45. The Morgan fingerprint density at radius 1 is 1.22 bits per heavy atom. The van der Waals surface area contributed by atoms with E-state index < -0.39 is 46.0 Å². The molecule has 13 heteroatoms. The molecule has 36 heavy (non-hydrogen) atoms. The maximum Gasteiger partial charge on any atom is 0.490 e. The lowest BCUT2D eigenvalue weighted by Crippen LogP contribution is -2.45. The van der Waals surface area contributed by atoms with Crippen LogP contribution in [-0.4, -0.2) is 58.4 Å². The number of carbonyl (C=O) groups is 1. The predicted octanol–water partition coefficient (Wildman–Crippen LogP) is 3.67. The van der Waals surface area contributed by atoms with Crippen molar-refractivity contribution in [3.8, 4) is 22.8 Å². The van der Waals surface area contributed by atoms with Crippen LogP contribution in [-0.2, 0) is 9.53 Å². The second-order valence-corrected chi connectivity index (χ2v) is 8.41. The fourth-order valence-corrected chi connectivity index (χ4v) is 4.32. The van der Waals surface area contributed by atoms with Gasteiger partial charge in [-0.3, -0.25) is 14.9 Å². The Balaban J connectivity index is 1.91. The largest absolute Gasteiger partial charge is 0.507 e. The summed E-state index contributed by atoms with van der Waals surface area (Å²) >= 11 is 0. The van der Waals surface area contributed by atoms with E-state index in [0.717, 1.165) is 18.2 Å². The zero-order valence-corrected chi connectivity index (χ0v) is 18.6. The number of halogens is 3. The van der Waals surface area contributed by atoms with Gasteiger partial charge in [-0.05, 0) is 20.0 Å². The van der Waals surface area contributed by atoms with Gasteiger partial charge < -0.3 is 24.3 Å². The fourth-order valence-electron chi connectivity index (χ4n) is 4.32. The molecule has 2 aromatic carbocycles. The summed E-state index contributed by atoms with van der Waals surface area (Å²) in [6.45, 7) is 0.241. The van der Waals surface area contributed by atoms with Crippen LogP contribution in [0.3, 0.4) is 0 Å². The number of esters is 1. The summed E-state index contributed by atoms with van der Waals surface area (Å²) in [7, 11) is 1.61. The van der Waals surface area contributed by atoms with Crippen molar-refractivity contribution in [2.45, 2.75) is 24.6 Å². The van der Waals surface area contributed by atoms with Gasteiger partial charge in [0.1, 0.15) is 34.3 Å². The van der Waals surface area contributed by atoms with Crippen LogP contribution in [0.25, 0.3) is 22.3 Å². The number of phenols is 2. The highest BCUT2D eigenvalue weighted by atomic mass is 19.4. The molecule has 3 aromatic rings. The SMILES string of the molecule is CN1CC[C@H](c2c(O)cc(O)c3c(=O)cc(-c4cccc([N+](=O)[O-])c4)oc23)[C@H](OC(=O)C(F)(F)F)C1. The van der Waals surface area contributed by atoms with Crippen molar-refractivity contribution < 1.29 is 42.3 Å². The summed E-state index contributed by atoms with van der Waals surface area (Å²) in [5.74, 6) is -4.79. The van der Waals surface area contributed by atoms with Crippen LogP contribution in [0.5, 0.6) is 11.5 Å². The number of ether oxygens (including phenoxy) is 1. The number of rotatable bonds is 4. The van der Waals surface area contributed by atoms with Gasteiger partial charge in [0.05, 0.1) is 4.92 Å². The number of hydrogen-bond acceptors (Lipinski definition) is 9. The van der Waals surface area contributed by atoms with Crippen molar-refractivity contribution in [1.29, 1.82) is 0 Å². The van der Waals surface area contributed by atoms with Crippen LogP contribution in [0.2, 0.25) is 0 Å². The van der Waals surface area contributed by atoms with Crippen LogP contribution in [0.15, 0.2) is 45.6 Å². The lowest BCUT2D eigenvalue weighted by molar-refractivity contribution is -0.384. The monoisotopic (exact) mass is 508 g/mol. The number of nitro groups is 1. The first-order chi connectivity index (χ1) is 16.9. The van der Waals surface area contributed by atoms with Crippen molar-refractivity contribution in [3.05, 3.63) is 62.3 Å². The number of aromatic hydroxyl groups is 2. The van der Waals surface area contributed by atoms with E-state index in [2.05, 4.69) is 0 Å². The molecular formula is C23H19F3N2O8. The van der Waals surface area contributed by atoms with Crippen molar-refractivity contribution in [2.24, 2.45) is 0 Å². The minimum atomic E-state index is -5.25. The Kier molecular flexibility index (Phi) is 6.35. The van der Waals surface area contributed by atoms with Crippen molar-refractivity contribution in [2.75, 3.05) is 20.1 Å². The van der Waals surface area contributed by atoms with Crippen molar-refractivity contribution >= 4 is 22.6 Å². The van der Waals surface area contributed by atoms with E-state index in [-0.39, 0.29) is 46.5 Å². The average Bonchev–Trinajstić information content (AvgIpc) is 2.79. The molecule has 1 aromatic heterocycles. The molecule has 1 fully saturated rings. The molecule has 0 bridgehead atoms. The highest BCUT2D eigenvalue weighted by molar-refractivity contribution is 5.90. The van der Waals surface area contributed by atoms with Gasteiger partial charge in [0.2, 0.25) is 0 Å². The van der Waals surface area contributed by atoms with E-state index in [0.29, 0.717) is 6.54 Å². The first-order valence-corrected chi connectivity index (χ1v) is 10.6. The van der Waals surface area contributed by atoms with Crippen LogP contribution >= 0.6 is 0 Å². The van der Waals surface area contributed by atoms with Gasteiger partial charge in [-0.15, -0.1) is 0 Å². The summed E-state index contributed by atoms with van der Waals surface area (Å²) in [6, 6.07) is 7.03. The Morgan fingerprint density at radius 2 is 1.94 bits per heavy atom. The van der Waals surface area contributed by atoms with Gasteiger partial charge >= 0.3 is 12.1 Å². The summed E-state index contributed by atoms with van der Waals surface area (Å²) in [4.78, 5) is 36.7. The molecule has 190 valence electrons. The van der Waals surface area contributed by atoms with Gasteiger partial charge in [0.25, 0.3) is 5.69 Å². The molecule has 0 unspecified atom stereocenters. The van der Waals surface area contributed by atoms with Crippen LogP contribution in [0.1, 0.15) is 17.9 Å². The zero-order valence-electron chi connectivity index (χ0n) is 18.6. The molecule has 2 N–H and O–H groups in total. The predicted molar refractivity (Wildman–Crippen MR) is 119 cm³/mol. The molecule has 0 spiro atoms. The third-order valence-electron chi connectivity index (χ3n) is 5.96. The molecule has 10 nitrogen and oxygen atoms in total. The van der Waals surface area contributed by atoms with Crippen molar-refractivity contribution in [1.82, 2.24) is 4.90 Å². The second-order valence-electron chi connectivity index (χ2n) is 8.41. The minimum absolute atomic E-state index is 0.108. The van der Waals surface area contributed by atoms with E-state index in [1.165, 1.54) is 18.2 Å². The molecule has 0 aliphatic carbocycles. The second kappa shape index (κ2) is 9.15. The number of phenolic OH excluding ortho intramolecular Hbond substituents is 2. The number of alkyl halides is 3. The lowest BCUT2D eigenvalue weighted by atomic mass is 9.85. The molecule has 2 heterocycles. The number of carbonyl (C=O) groups excluding carboxylic acids is 1. The average molecular weight is 508 g/mol. The van der Waals surface area contributed by atoms with Crippen molar-refractivity contribution in [3.63, 3.8) is 0 Å². The van der Waals surface area contributed by atoms with E-state index >= 15 is 0 Å². The Labute approximate surface area is 200 Å². The normalized spacial score (nSPS) is 18.8. The number of piperidine rings is 1. The van der Waals surface area contributed by atoms with Gasteiger partial charge in [0.15, 0.2) is 5.43 Å². The van der Waals surface area contributed by atoms with E-state index in [9.17, 15) is 43.1 Å². The molecule has 4 rings (SSSR count). The summed E-state index contributed by atoms with van der Waals surface area (Å²) < 4.78 is 49.3. The number of likely N-dealkylation sites (N-methyl/N-ethyl adjacent to an activating group) is 1. The summed E-state index contributed by atoms with van der Waals surface area (Å²) in [6.07, 6.45) is -6.51. The fraction of sp³-hybridized carbons (Fsp3) is 0.304. The molecule has 1 saturated heterocycles. The number of hydrogen-bond donors (Lipinski definition) is 2. The van der Waals surface area contributed by atoms with E-state index in [1.54, 1.807) is 11.9 Å².